The van der Waals surface area contributed by atoms with E-state index in [1.807, 2.05) is 56.3 Å². The normalized spacial score (nSPS) is 18.2. The summed E-state index contributed by atoms with van der Waals surface area (Å²) in [7, 11) is 0. The van der Waals surface area contributed by atoms with E-state index in [4.69, 9.17) is 4.99 Å². The van der Waals surface area contributed by atoms with Gasteiger partial charge in [0.1, 0.15) is 11.4 Å². The van der Waals surface area contributed by atoms with Crippen LogP contribution in [0, 0.1) is 20.8 Å². The minimum Gasteiger partial charge on any atom is -0.326 e. The zero-order chi connectivity index (χ0) is 21.3. The Morgan fingerprint density at radius 3 is 2.50 bits per heavy atom. The number of nitrogens with one attached hydrogen (secondary N) is 2. The number of benzene rings is 2. The molecule has 0 aromatic heterocycles. The lowest BCUT2D eigenvalue weighted by atomic mass is 9.98. The lowest BCUT2D eigenvalue weighted by Crippen LogP contribution is -2.52. The Labute approximate surface area is 177 Å². The van der Waals surface area contributed by atoms with Crippen LogP contribution in [0.5, 0.6) is 0 Å². The lowest BCUT2D eigenvalue weighted by molar-refractivity contribution is -0.119. The smallest absolute Gasteiger partial charge is 0.272 e. The summed E-state index contributed by atoms with van der Waals surface area (Å²) in [5, 5.41) is 6.09. The number of aliphatic imine (C=N–C) groups is 1. The number of nitrogens with zero attached hydrogens (tertiary/aromatic N) is 2. The third-order valence-electron chi connectivity index (χ3n) is 6.14. The van der Waals surface area contributed by atoms with Crippen LogP contribution in [-0.2, 0) is 9.59 Å². The van der Waals surface area contributed by atoms with Gasteiger partial charge in [0.25, 0.3) is 5.91 Å². The van der Waals surface area contributed by atoms with E-state index in [9.17, 15) is 9.59 Å². The van der Waals surface area contributed by atoms with Crippen LogP contribution in [-0.4, -0.2) is 47.7 Å². The molecule has 6 nitrogen and oxygen atoms in total. The number of para-hydroxylation sites is 1. The summed E-state index contributed by atoms with van der Waals surface area (Å²) in [6, 6.07) is 13.8. The van der Waals surface area contributed by atoms with E-state index >= 15 is 0 Å². The summed E-state index contributed by atoms with van der Waals surface area (Å²) in [6.07, 6.45) is 1.40. The van der Waals surface area contributed by atoms with Crippen molar-refractivity contribution >= 4 is 23.2 Å². The van der Waals surface area contributed by atoms with E-state index in [2.05, 4.69) is 22.5 Å². The number of hydrogen-bond acceptors (Lipinski definition) is 4. The van der Waals surface area contributed by atoms with Crippen molar-refractivity contribution < 1.29 is 9.59 Å². The highest BCUT2D eigenvalue weighted by atomic mass is 16.2. The van der Waals surface area contributed by atoms with Crippen molar-refractivity contribution in [1.29, 1.82) is 0 Å². The van der Waals surface area contributed by atoms with Crippen LogP contribution in [0.1, 0.15) is 35.1 Å². The predicted octanol–water partition coefficient (Wildman–Crippen LogP) is 2.96. The van der Waals surface area contributed by atoms with E-state index in [0.29, 0.717) is 38.2 Å². The highest BCUT2D eigenvalue weighted by molar-refractivity contribution is 6.46. The van der Waals surface area contributed by atoms with Crippen molar-refractivity contribution in [2.75, 3.05) is 25.0 Å². The van der Waals surface area contributed by atoms with Crippen molar-refractivity contribution in [1.82, 2.24) is 10.2 Å². The fraction of sp³-hybridized carbons (Fsp3) is 0.375. The number of anilines is 1. The zero-order valence-electron chi connectivity index (χ0n) is 17.8. The first-order valence-corrected chi connectivity index (χ1v) is 10.4. The molecule has 2 aromatic carbocycles. The van der Waals surface area contributed by atoms with Crippen molar-refractivity contribution in [3.63, 3.8) is 0 Å². The number of hydrogen-bond donors (Lipinski definition) is 2. The van der Waals surface area contributed by atoms with Gasteiger partial charge in [-0.15, -0.1) is 0 Å². The molecule has 2 aromatic rings. The van der Waals surface area contributed by atoms with E-state index in [1.165, 1.54) is 5.56 Å². The van der Waals surface area contributed by atoms with Crippen LogP contribution in [0.2, 0.25) is 0 Å². The summed E-state index contributed by atoms with van der Waals surface area (Å²) >= 11 is 0. The molecule has 0 radical (unpaired) electrons. The van der Waals surface area contributed by atoms with Crippen LogP contribution in [0.25, 0.3) is 0 Å². The van der Waals surface area contributed by atoms with Gasteiger partial charge < -0.3 is 10.6 Å². The maximum Gasteiger partial charge on any atom is 0.272 e. The summed E-state index contributed by atoms with van der Waals surface area (Å²) < 4.78 is 0. The van der Waals surface area contributed by atoms with Crippen molar-refractivity contribution in [3.8, 4) is 0 Å². The molecule has 2 N–H and O–H groups in total. The van der Waals surface area contributed by atoms with Gasteiger partial charge in [-0.1, -0.05) is 30.3 Å². The Morgan fingerprint density at radius 1 is 1.07 bits per heavy atom. The first-order valence-electron chi connectivity index (χ1n) is 10.4. The van der Waals surface area contributed by atoms with Gasteiger partial charge in [-0.3, -0.25) is 19.5 Å². The molecule has 0 unspecified atom stereocenters. The first kappa shape index (κ1) is 20.3. The maximum atomic E-state index is 12.6. The highest BCUT2D eigenvalue weighted by Crippen LogP contribution is 2.29. The quantitative estimate of drug-likeness (QED) is 0.823. The molecule has 0 aliphatic carbocycles. The van der Waals surface area contributed by atoms with Gasteiger partial charge in [0.15, 0.2) is 0 Å². The Kier molecular flexibility index (Phi) is 5.43. The molecule has 2 aliphatic heterocycles. The summed E-state index contributed by atoms with van der Waals surface area (Å²) in [6.45, 7) is 7.85. The second-order valence-corrected chi connectivity index (χ2v) is 8.38. The van der Waals surface area contributed by atoms with Gasteiger partial charge >= 0.3 is 0 Å². The number of piperidine rings is 1. The van der Waals surface area contributed by atoms with Crippen LogP contribution in [0.3, 0.4) is 0 Å². The van der Waals surface area contributed by atoms with Gasteiger partial charge in [0.2, 0.25) is 5.91 Å². The second-order valence-electron chi connectivity index (χ2n) is 8.38. The van der Waals surface area contributed by atoms with E-state index in [1.54, 1.807) is 0 Å². The summed E-state index contributed by atoms with van der Waals surface area (Å²) in [5.74, 6) is -0.126. The second kappa shape index (κ2) is 8.03. The Morgan fingerprint density at radius 2 is 1.80 bits per heavy atom. The molecule has 0 saturated carbocycles. The molecule has 2 amide bonds. The third kappa shape index (κ3) is 4.14. The Balaban J connectivity index is 1.38. The molecule has 2 heterocycles. The molecular weight excluding hydrogens is 376 g/mol. The molecule has 0 atom stereocenters. The topological polar surface area (TPSA) is 73.8 Å². The van der Waals surface area contributed by atoms with Crippen molar-refractivity contribution in [2.24, 2.45) is 4.99 Å². The van der Waals surface area contributed by atoms with Gasteiger partial charge in [-0.05, 0) is 49.6 Å². The number of carbonyl (C=O) groups excluding carboxylic acids is 2. The fourth-order valence-electron chi connectivity index (χ4n) is 4.07. The van der Waals surface area contributed by atoms with Crippen molar-refractivity contribution in [3.05, 3.63) is 64.7 Å². The number of likely N-dealkylation sites (tertiary alicyclic amines) is 1. The van der Waals surface area contributed by atoms with Crippen LogP contribution < -0.4 is 10.6 Å². The first-order chi connectivity index (χ1) is 14.3. The lowest BCUT2D eigenvalue weighted by Gasteiger charge is -2.36. The van der Waals surface area contributed by atoms with Crippen molar-refractivity contribution in [2.45, 2.75) is 39.3 Å². The van der Waals surface area contributed by atoms with E-state index in [-0.39, 0.29) is 11.8 Å². The third-order valence-corrected chi connectivity index (χ3v) is 6.14. The highest BCUT2D eigenvalue weighted by Gasteiger charge is 2.42. The van der Waals surface area contributed by atoms with Crippen LogP contribution in [0.15, 0.2) is 47.5 Å². The standard InChI is InChI=1S/C24H28N4O2/c1-16-8-9-19(14-18(16)3)22-23(30)27-24(26-22)10-12-28(13-11-24)15-21(29)25-20-7-5-4-6-17(20)2/h4-9,14H,10-13,15H2,1-3H3,(H,25,29)(H,27,30). The predicted molar refractivity (Wildman–Crippen MR) is 119 cm³/mol. The molecule has 4 rings (SSSR count). The number of amides is 2. The molecular formula is C24H28N4O2. The minimum atomic E-state index is -0.547. The zero-order valence-corrected chi connectivity index (χ0v) is 17.8. The monoisotopic (exact) mass is 404 g/mol. The molecule has 156 valence electrons. The van der Waals surface area contributed by atoms with Gasteiger partial charge in [0.05, 0.1) is 6.54 Å². The van der Waals surface area contributed by atoms with Crippen LogP contribution >= 0.6 is 0 Å². The van der Waals surface area contributed by atoms with Gasteiger partial charge in [0, 0.05) is 37.2 Å². The average molecular weight is 405 g/mol. The fourth-order valence-corrected chi connectivity index (χ4v) is 4.07. The molecule has 1 saturated heterocycles. The molecule has 30 heavy (non-hydrogen) atoms. The number of carbonyl (C=O) groups is 2. The molecule has 1 fully saturated rings. The largest absolute Gasteiger partial charge is 0.326 e. The van der Waals surface area contributed by atoms with Gasteiger partial charge in [-0.2, -0.15) is 0 Å². The minimum absolute atomic E-state index is 0.0185. The SMILES string of the molecule is Cc1ccc(C2=NC3(CCN(CC(=O)Nc4ccccc4C)CC3)NC2=O)cc1C. The molecule has 2 aliphatic rings. The summed E-state index contributed by atoms with van der Waals surface area (Å²) in [5.41, 5.74) is 5.08. The average Bonchev–Trinajstić information content (AvgIpc) is 3.04. The van der Waals surface area contributed by atoms with E-state index in [0.717, 1.165) is 22.4 Å². The van der Waals surface area contributed by atoms with Gasteiger partial charge in [-0.25, -0.2) is 0 Å². The Bertz CT molecular complexity index is 1020. The summed E-state index contributed by atoms with van der Waals surface area (Å²) in [4.78, 5) is 32.0. The molecule has 1 spiro atoms. The number of aryl methyl sites for hydroxylation is 3. The number of rotatable bonds is 4. The molecule has 6 heteroatoms. The van der Waals surface area contributed by atoms with E-state index < -0.39 is 5.66 Å². The maximum absolute atomic E-state index is 12.6. The van der Waals surface area contributed by atoms with Crippen LogP contribution in [0.4, 0.5) is 5.69 Å². The Hall–Kier alpha value is -2.99. The molecule has 0 bridgehead atoms.